The van der Waals surface area contributed by atoms with Crippen molar-refractivity contribution >= 4 is 130 Å². The van der Waals surface area contributed by atoms with Gasteiger partial charge in [-0.2, -0.15) is 120 Å². The number of aryl methyl sites for hydroxylation is 6. The molecule has 0 fully saturated rings. The summed E-state index contributed by atoms with van der Waals surface area (Å²) in [6.45, 7) is 11.6. The lowest BCUT2D eigenvalue weighted by Crippen LogP contribution is -2.17. The van der Waals surface area contributed by atoms with Gasteiger partial charge in [0.05, 0.1) is 0 Å². The molecule has 140 heavy (non-hydrogen) atoms. The number of nitrogens with zero attached hydrogens (tertiary/aromatic N) is 28. The van der Waals surface area contributed by atoms with Crippen LogP contribution in [0.2, 0.25) is 0 Å². The number of rotatable bonds is 32. The van der Waals surface area contributed by atoms with Gasteiger partial charge in [-0.3, -0.25) is 0 Å². The topological polar surface area (TPSA) is 627 Å². The summed E-state index contributed by atoms with van der Waals surface area (Å²) in [4.78, 5) is 105. The Bertz CT molecular complexity index is 6180. The van der Waals surface area contributed by atoms with E-state index >= 15 is 0 Å². The smallest absolute Gasteiger partial charge is 0.233 e. The van der Waals surface area contributed by atoms with Crippen LogP contribution in [0.3, 0.4) is 0 Å². The Balaban J connectivity index is 0.000000179. The molecule has 0 radical (unpaired) electrons. The molecule has 0 bridgehead atoms. The fourth-order valence-electron chi connectivity index (χ4n) is 12.0. The fourth-order valence-corrected chi connectivity index (χ4v) is 12.0. The Hall–Kier alpha value is -18.2. The van der Waals surface area contributed by atoms with Crippen molar-refractivity contribution in [2.45, 2.75) is 79.3 Å². The maximum Gasteiger partial charge on any atom is 0.233 e. The van der Waals surface area contributed by atoms with Crippen molar-refractivity contribution in [2.24, 2.45) is 0 Å². The van der Waals surface area contributed by atoms with E-state index in [1.54, 1.807) is 47.3 Å². The van der Waals surface area contributed by atoms with Crippen LogP contribution in [-0.2, 0) is 38.8 Å². The molecule has 0 spiro atoms. The van der Waals surface area contributed by atoms with E-state index < -0.39 is 0 Å². The Kier molecular flexibility index (Phi) is 43.3. The van der Waals surface area contributed by atoms with Crippen LogP contribution in [0.15, 0.2) is 243 Å². The summed E-state index contributed by atoms with van der Waals surface area (Å²) in [6.07, 6.45) is 5.92. The van der Waals surface area contributed by atoms with Crippen LogP contribution in [0.5, 0.6) is 0 Å². The second-order valence-electron chi connectivity index (χ2n) is 31.1. The van der Waals surface area contributed by atoms with Crippen molar-refractivity contribution in [2.75, 3.05) is 191 Å². The molecular weight excluding hydrogens is 1770 g/mol. The van der Waals surface area contributed by atoms with Gasteiger partial charge in [0.2, 0.25) is 119 Å². The number of benzene rings is 8. The van der Waals surface area contributed by atoms with E-state index in [0.29, 0.717) is 108 Å². The predicted molar refractivity (Wildman–Crippen MR) is 561 cm³/mol. The second-order valence-corrected chi connectivity index (χ2v) is 31.1. The summed E-state index contributed by atoms with van der Waals surface area (Å²) >= 11 is 0. The molecule has 0 atom stereocenters. The molecular formula is C96H124N44. The molecule has 0 aliphatic rings. The van der Waals surface area contributed by atoms with Crippen molar-refractivity contribution in [3.05, 3.63) is 299 Å². The molecule has 44 heteroatoms. The summed E-state index contributed by atoms with van der Waals surface area (Å²) in [7, 11) is 14.9. The standard InChI is InChI=1S/C14H20N6.C13H18N6.C13H17N5.C12H16N6.C12H15N5.C11H14N6.C11H13N5.C10H11N5/c1-20(2)14-18-12(15)17-13(19-14)16-10-6-9-11-7-4-3-5-8-11;1-19(2)13-17-11(14)16-12(18-13)15-9-8-10-6-4-3-5-7-10;1-10-16-12(14)18-13(17-10)15-9-5-8-11-6-3-2-4-7-11;1-18(2)12-16-10(13)15-11(17-12)14-8-9-6-4-3-5-7-9;1-9-15-11(13)17-12(16-9)14-8-7-10-5-3-2-4-6-10;1-17(2)11-15-9(12)14-10(16-11)13-8-6-4-3-5-7-8;1-8-14-10(12)16-11(15-8)13-7-9-5-3-2-4-6-9;1-7-12-9(11)15-10(13-7)14-8-5-3-2-4-6-8/h3-5,7-8H,6,9-10H2,1-2H3,(H3,15,16,17,18,19);3-7H,8-9H2,1-2H3,(H3,14,15,16,17,18);2-4,6-7H,5,8-9H2,1H3,(H3,14,15,16,17,18);3-7H,8H2,1-2H3,(H3,13,14,15,16,17);2-6H,7-8H2,1H3,(H3,13,14,15,16,17);3-7H,1-2H3,(H3,12,13,14,15,16);2-6H,7H2,1H3,(H3,12,13,14,15,16);2-6H,1H3,(H3,11,12,13,14,15). The van der Waals surface area contributed by atoms with Gasteiger partial charge in [0.1, 0.15) is 23.3 Å². The Labute approximate surface area is 815 Å². The summed E-state index contributed by atoms with van der Waals surface area (Å²) < 4.78 is 0. The number of aromatic nitrogens is 24. The van der Waals surface area contributed by atoms with E-state index in [9.17, 15) is 0 Å². The molecule has 16 aromatic rings. The van der Waals surface area contributed by atoms with Crippen molar-refractivity contribution in [1.82, 2.24) is 120 Å². The van der Waals surface area contributed by atoms with Gasteiger partial charge in [0.15, 0.2) is 0 Å². The monoisotopic (exact) mass is 1890 g/mol. The van der Waals surface area contributed by atoms with Crippen LogP contribution >= 0.6 is 0 Å². The van der Waals surface area contributed by atoms with Gasteiger partial charge in [-0.25, -0.2) is 0 Å². The Morgan fingerprint density at radius 2 is 0.386 bits per heavy atom. The van der Waals surface area contributed by atoms with Crippen LogP contribution < -0.4 is 108 Å². The van der Waals surface area contributed by atoms with E-state index in [-0.39, 0.29) is 47.6 Å². The third kappa shape index (κ3) is 41.5. The molecule has 8 aromatic heterocycles. The maximum atomic E-state index is 5.66. The first kappa shape index (κ1) is 106. The first-order chi connectivity index (χ1) is 67.5. The molecule has 44 nitrogen and oxygen atoms in total. The van der Waals surface area contributed by atoms with Crippen molar-refractivity contribution in [3.63, 3.8) is 0 Å². The lowest BCUT2D eigenvalue weighted by atomic mass is 10.1. The highest BCUT2D eigenvalue weighted by Gasteiger charge is 2.13. The zero-order chi connectivity index (χ0) is 100. The molecule has 728 valence electrons. The van der Waals surface area contributed by atoms with Crippen LogP contribution in [-0.4, -0.2) is 202 Å². The van der Waals surface area contributed by atoms with Crippen LogP contribution in [0, 0.1) is 27.7 Å². The quantitative estimate of drug-likeness (QED) is 0.0174. The highest BCUT2D eigenvalue weighted by molar-refractivity contribution is 5.56. The molecule has 8 aromatic carbocycles. The lowest BCUT2D eigenvalue weighted by Gasteiger charge is -2.12. The Morgan fingerprint density at radius 3 is 0.650 bits per heavy atom. The summed E-state index contributed by atoms with van der Waals surface area (Å²) in [5.41, 5.74) is 54.1. The minimum atomic E-state index is 0.196. The van der Waals surface area contributed by atoms with Gasteiger partial charge in [-0.15, -0.1) is 0 Å². The summed E-state index contributed by atoms with van der Waals surface area (Å²) in [6, 6.07) is 80.6. The zero-order valence-corrected chi connectivity index (χ0v) is 80.7. The van der Waals surface area contributed by atoms with Gasteiger partial charge < -0.3 is 108 Å². The maximum absolute atomic E-state index is 5.66. The fraction of sp³-hybridized carbons (Fsp3) is 0.250. The number of hydrogen-bond donors (Lipinski definition) is 16. The number of hydrogen-bond acceptors (Lipinski definition) is 44. The largest absolute Gasteiger partial charge is 0.368 e. The number of nitrogens with one attached hydrogen (secondary N) is 8. The van der Waals surface area contributed by atoms with Crippen molar-refractivity contribution in [1.29, 1.82) is 0 Å². The van der Waals surface area contributed by atoms with Gasteiger partial charge in [0.25, 0.3) is 0 Å². The van der Waals surface area contributed by atoms with Gasteiger partial charge in [0, 0.05) is 107 Å². The third-order valence-electron chi connectivity index (χ3n) is 18.5. The van der Waals surface area contributed by atoms with Crippen molar-refractivity contribution in [3.8, 4) is 0 Å². The van der Waals surface area contributed by atoms with Gasteiger partial charge in [-0.05, 0) is 124 Å². The Morgan fingerprint density at radius 1 is 0.193 bits per heavy atom. The first-order valence-electron chi connectivity index (χ1n) is 44.5. The number of nitrogen functional groups attached to an aromatic ring is 8. The van der Waals surface area contributed by atoms with E-state index in [2.05, 4.69) is 235 Å². The normalized spacial score (nSPS) is 10.1. The highest BCUT2D eigenvalue weighted by Crippen LogP contribution is 2.20. The van der Waals surface area contributed by atoms with Crippen LogP contribution in [0.25, 0.3) is 0 Å². The SMILES string of the molecule is CN(C)c1nc(N)nc(NCCCc2ccccc2)n1.CN(C)c1nc(N)nc(NCCc2ccccc2)n1.CN(C)c1nc(N)nc(NCc2ccccc2)n1.CN(C)c1nc(N)nc(Nc2ccccc2)n1.Cc1nc(N)nc(NCCCc2ccccc2)n1.Cc1nc(N)nc(NCCc2ccccc2)n1.Cc1nc(N)nc(NCc2ccccc2)n1.Cc1nc(N)nc(Nc2ccccc2)n1. The lowest BCUT2D eigenvalue weighted by molar-refractivity contribution is 0.847. The van der Waals surface area contributed by atoms with Gasteiger partial charge in [-0.1, -0.05) is 218 Å². The molecule has 8 heterocycles. The van der Waals surface area contributed by atoms with Gasteiger partial charge >= 0.3 is 0 Å². The number of para-hydroxylation sites is 2. The minimum Gasteiger partial charge on any atom is -0.368 e. The summed E-state index contributed by atoms with van der Waals surface area (Å²) in [5.74, 6) is 10.5. The molecule has 24 N–H and O–H groups in total. The molecule has 0 saturated carbocycles. The molecule has 16 rings (SSSR count). The molecule has 0 saturated heterocycles. The molecule has 0 unspecified atom stereocenters. The summed E-state index contributed by atoms with van der Waals surface area (Å²) in [5, 5.41) is 25.0. The zero-order valence-electron chi connectivity index (χ0n) is 80.7. The average Bonchev–Trinajstić information content (AvgIpc) is 0.853. The van der Waals surface area contributed by atoms with Crippen LogP contribution in [0.4, 0.5) is 130 Å². The van der Waals surface area contributed by atoms with E-state index in [1.807, 2.05) is 226 Å². The molecule has 0 aliphatic carbocycles. The third-order valence-corrected chi connectivity index (χ3v) is 18.5. The number of nitrogens with two attached hydrogens (primary N) is 8. The molecule has 0 aliphatic heterocycles. The van der Waals surface area contributed by atoms with E-state index in [1.165, 1.54) is 27.8 Å². The van der Waals surface area contributed by atoms with E-state index in [4.69, 9.17) is 45.9 Å². The predicted octanol–water partition coefficient (Wildman–Crippen LogP) is 11.2. The minimum absolute atomic E-state index is 0.196. The first-order valence-corrected chi connectivity index (χ1v) is 44.5. The second kappa shape index (κ2) is 57.4. The average molecular weight is 1890 g/mol. The highest BCUT2D eigenvalue weighted by atomic mass is 15.3. The van der Waals surface area contributed by atoms with Crippen molar-refractivity contribution < 1.29 is 0 Å². The molecule has 0 amide bonds. The number of anilines is 22. The van der Waals surface area contributed by atoms with E-state index in [0.717, 1.165) is 81.6 Å². The van der Waals surface area contributed by atoms with Crippen LogP contribution in [0.1, 0.15) is 69.5 Å².